The topological polar surface area (TPSA) is 67.2 Å². The number of hydrogen-bond acceptors (Lipinski definition) is 5. The van der Waals surface area contributed by atoms with E-state index in [4.69, 9.17) is 0 Å². The molecule has 120 valence electrons. The van der Waals surface area contributed by atoms with Crippen LogP contribution in [-0.4, -0.2) is 27.3 Å². The van der Waals surface area contributed by atoms with Gasteiger partial charge < -0.3 is 0 Å². The second-order valence-electron chi connectivity index (χ2n) is 4.96. The van der Waals surface area contributed by atoms with Crippen molar-refractivity contribution in [1.29, 1.82) is 0 Å². The monoisotopic (exact) mass is 332 g/mol. The van der Waals surface area contributed by atoms with Gasteiger partial charge in [-0.3, -0.25) is 4.79 Å². The molecule has 1 heterocycles. The Balaban J connectivity index is 1.89. The third kappa shape index (κ3) is 5.45. The molecule has 1 aromatic carbocycles. The number of aromatic nitrogens is 2. The van der Waals surface area contributed by atoms with Crippen LogP contribution in [0.5, 0.6) is 0 Å². The van der Waals surface area contributed by atoms with Crippen LogP contribution in [0.2, 0.25) is 0 Å². The van der Waals surface area contributed by atoms with Crippen molar-refractivity contribution >= 4 is 23.4 Å². The maximum Gasteiger partial charge on any atom is 0.250 e. The van der Waals surface area contributed by atoms with Crippen molar-refractivity contribution in [2.45, 2.75) is 25.9 Å². The number of thioether (sulfide) groups is 1. The Morgan fingerprint density at radius 2 is 1.83 bits per heavy atom. The SMILES string of the molecule is C/C(=N\NC(=O)CSc1nc(C)cc(C)n1)c1ccc(F)cc1. The molecule has 1 amide bonds. The molecular weight excluding hydrogens is 315 g/mol. The first-order chi connectivity index (χ1) is 10.9. The van der Waals surface area contributed by atoms with Crippen LogP contribution in [0.4, 0.5) is 4.39 Å². The Hall–Kier alpha value is -2.28. The van der Waals surface area contributed by atoms with Gasteiger partial charge in [0.1, 0.15) is 5.82 Å². The summed E-state index contributed by atoms with van der Waals surface area (Å²) in [5.74, 6) is -0.391. The number of hydrazone groups is 1. The fourth-order valence-electron chi connectivity index (χ4n) is 1.82. The first kappa shape index (κ1) is 17.1. The fraction of sp³-hybridized carbons (Fsp3) is 0.250. The van der Waals surface area contributed by atoms with E-state index < -0.39 is 0 Å². The highest BCUT2D eigenvalue weighted by Crippen LogP contribution is 2.13. The van der Waals surface area contributed by atoms with E-state index in [1.165, 1.54) is 23.9 Å². The van der Waals surface area contributed by atoms with E-state index in [1.54, 1.807) is 19.1 Å². The number of carbonyl (C=O) groups excluding carboxylic acids is 1. The van der Waals surface area contributed by atoms with Crippen LogP contribution >= 0.6 is 11.8 Å². The molecule has 0 bridgehead atoms. The highest BCUT2D eigenvalue weighted by Gasteiger charge is 2.06. The zero-order valence-corrected chi connectivity index (χ0v) is 13.9. The van der Waals surface area contributed by atoms with Gasteiger partial charge in [-0.25, -0.2) is 19.8 Å². The number of nitrogens with zero attached hydrogens (tertiary/aromatic N) is 3. The second kappa shape index (κ2) is 7.82. The summed E-state index contributed by atoms with van der Waals surface area (Å²) in [5.41, 5.74) is 5.56. The van der Waals surface area contributed by atoms with Crippen molar-refractivity contribution < 1.29 is 9.18 Å². The fourth-order valence-corrected chi connectivity index (χ4v) is 2.56. The van der Waals surface area contributed by atoms with Gasteiger partial charge in [-0.2, -0.15) is 5.10 Å². The number of amides is 1. The second-order valence-corrected chi connectivity index (χ2v) is 5.90. The van der Waals surface area contributed by atoms with Crippen molar-refractivity contribution in [3.8, 4) is 0 Å². The Bertz CT molecular complexity index is 711. The molecule has 0 aliphatic heterocycles. The number of carbonyl (C=O) groups is 1. The smallest absolute Gasteiger partial charge is 0.250 e. The zero-order valence-electron chi connectivity index (χ0n) is 13.1. The normalized spacial score (nSPS) is 11.4. The summed E-state index contributed by atoms with van der Waals surface area (Å²) >= 11 is 1.25. The van der Waals surface area contributed by atoms with Crippen LogP contribution in [0.1, 0.15) is 23.9 Å². The lowest BCUT2D eigenvalue weighted by Crippen LogP contribution is -2.21. The van der Waals surface area contributed by atoms with E-state index >= 15 is 0 Å². The molecule has 0 radical (unpaired) electrons. The van der Waals surface area contributed by atoms with Crippen LogP contribution in [0.25, 0.3) is 0 Å². The van der Waals surface area contributed by atoms with Gasteiger partial charge in [0.25, 0.3) is 5.91 Å². The molecular formula is C16H17FN4OS. The van der Waals surface area contributed by atoms with E-state index in [2.05, 4.69) is 20.5 Å². The molecule has 0 saturated carbocycles. The average molecular weight is 332 g/mol. The van der Waals surface area contributed by atoms with Gasteiger partial charge in [-0.15, -0.1) is 0 Å². The lowest BCUT2D eigenvalue weighted by Gasteiger charge is -2.04. The summed E-state index contributed by atoms with van der Waals surface area (Å²) in [5, 5.41) is 4.58. The molecule has 5 nitrogen and oxygen atoms in total. The predicted octanol–water partition coefficient (Wildman–Crippen LogP) is 2.87. The summed E-state index contributed by atoms with van der Waals surface area (Å²) in [4.78, 5) is 20.3. The van der Waals surface area contributed by atoms with Gasteiger partial charge in [0.2, 0.25) is 0 Å². The molecule has 0 unspecified atom stereocenters. The summed E-state index contributed by atoms with van der Waals surface area (Å²) in [6.45, 7) is 5.51. The van der Waals surface area contributed by atoms with Gasteiger partial charge in [0.15, 0.2) is 5.16 Å². The minimum atomic E-state index is -0.310. The van der Waals surface area contributed by atoms with Gasteiger partial charge in [-0.1, -0.05) is 23.9 Å². The van der Waals surface area contributed by atoms with Crippen molar-refractivity contribution in [2.24, 2.45) is 5.10 Å². The third-order valence-electron chi connectivity index (χ3n) is 2.90. The first-order valence-electron chi connectivity index (χ1n) is 6.98. The molecule has 7 heteroatoms. The minimum absolute atomic E-state index is 0.170. The van der Waals surface area contributed by atoms with E-state index in [-0.39, 0.29) is 17.5 Å². The Morgan fingerprint density at radius 1 is 1.22 bits per heavy atom. The highest BCUT2D eigenvalue weighted by molar-refractivity contribution is 7.99. The minimum Gasteiger partial charge on any atom is -0.272 e. The van der Waals surface area contributed by atoms with E-state index in [1.807, 2.05) is 19.9 Å². The van der Waals surface area contributed by atoms with Crippen molar-refractivity contribution in [3.05, 3.63) is 53.1 Å². The summed E-state index contributed by atoms with van der Waals surface area (Å²) in [6, 6.07) is 7.80. The van der Waals surface area contributed by atoms with Crippen LogP contribution in [-0.2, 0) is 4.79 Å². The maximum absolute atomic E-state index is 12.9. The number of hydrogen-bond donors (Lipinski definition) is 1. The van der Waals surface area contributed by atoms with Crippen LogP contribution < -0.4 is 5.43 Å². The molecule has 0 spiro atoms. The summed E-state index contributed by atoms with van der Waals surface area (Å²) in [7, 11) is 0. The van der Waals surface area contributed by atoms with Crippen LogP contribution in [0.3, 0.4) is 0 Å². The van der Waals surface area contributed by atoms with Gasteiger partial charge in [0, 0.05) is 11.4 Å². The van der Waals surface area contributed by atoms with E-state index in [0.717, 1.165) is 17.0 Å². The standard InChI is InChI=1S/C16H17FN4OS/c1-10-8-11(2)19-16(18-10)23-9-15(22)21-20-12(3)13-4-6-14(17)7-5-13/h4-8H,9H2,1-3H3,(H,21,22)/b20-12+. The molecule has 2 rings (SSSR count). The molecule has 0 atom stereocenters. The summed E-state index contributed by atoms with van der Waals surface area (Å²) in [6.07, 6.45) is 0. The number of aryl methyl sites for hydroxylation is 2. The number of rotatable bonds is 5. The van der Waals surface area contributed by atoms with Crippen LogP contribution in [0.15, 0.2) is 40.6 Å². The molecule has 1 N–H and O–H groups in total. The molecule has 0 fully saturated rings. The highest BCUT2D eigenvalue weighted by atomic mass is 32.2. The summed E-state index contributed by atoms with van der Waals surface area (Å²) < 4.78 is 12.9. The quantitative estimate of drug-likeness (QED) is 0.396. The van der Waals surface area contributed by atoms with Crippen LogP contribution in [0, 0.1) is 19.7 Å². The molecule has 2 aromatic rings. The van der Waals surface area contributed by atoms with E-state index in [0.29, 0.717) is 10.9 Å². The largest absolute Gasteiger partial charge is 0.272 e. The molecule has 0 aliphatic carbocycles. The average Bonchev–Trinajstić information content (AvgIpc) is 2.50. The third-order valence-corrected chi connectivity index (χ3v) is 3.75. The molecule has 0 aliphatic rings. The van der Waals surface area contributed by atoms with Crippen molar-refractivity contribution in [1.82, 2.24) is 15.4 Å². The number of halogens is 1. The van der Waals surface area contributed by atoms with Crippen molar-refractivity contribution in [2.75, 3.05) is 5.75 Å². The zero-order chi connectivity index (χ0) is 16.8. The Morgan fingerprint density at radius 3 is 2.43 bits per heavy atom. The Kier molecular flexibility index (Phi) is 5.81. The number of benzene rings is 1. The van der Waals surface area contributed by atoms with E-state index in [9.17, 15) is 9.18 Å². The Labute approximate surface area is 138 Å². The molecule has 23 heavy (non-hydrogen) atoms. The van der Waals surface area contributed by atoms with Gasteiger partial charge >= 0.3 is 0 Å². The first-order valence-corrected chi connectivity index (χ1v) is 7.97. The predicted molar refractivity (Wildman–Crippen MR) is 89.0 cm³/mol. The molecule has 1 aromatic heterocycles. The lowest BCUT2D eigenvalue weighted by molar-refractivity contribution is -0.118. The lowest BCUT2D eigenvalue weighted by atomic mass is 10.1. The van der Waals surface area contributed by atoms with Gasteiger partial charge in [0.05, 0.1) is 11.5 Å². The molecule has 0 saturated heterocycles. The van der Waals surface area contributed by atoms with Crippen molar-refractivity contribution in [3.63, 3.8) is 0 Å². The number of nitrogens with one attached hydrogen (secondary N) is 1. The maximum atomic E-state index is 12.9. The van der Waals surface area contributed by atoms with Gasteiger partial charge in [-0.05, 0) is 44.5 Å².